The summed E-state index contributed by atoms with van der Waals surface area (Å²) in [6.07, 6.45) is 1.34. The summed E-state index contributed by atoms with van der Waals surface area (Å²) in [5.74, 6) is -0.329. The molecule has 0 saturated carbocycles. The molecule has 0 aliphatic rings. The maximum atomic E-state index is 10.5. The van der Waals surface area contributed by atoms with Gasteiger partial charge in [-0.05, 0) is 24.3 Å². The average Bonchev–Trinajstić information content (AvgIpc) is 2.25. The second kappa shape index (κ2) is 8.21. The summed E-state index contributed by atoms with van der Waals surface area (Å²) >= 11 is 0. The Bertz CT molecular complexity index is 334. The molecule has 1 aromatic rings. The van der Waals surface area contributed by atoms with Crippen molar-refractivity contribution < 1.29 is 19.4 Å². The third-order valence-corrected chi connectivity index (χ3v) is 1.69. The summed E-state index contributed by atoms with van der Waals surface area (Å²) in [6.45, 7) is 4.22. The number of aromatic carboxylic acids is 1. The van der Waals surface area contributed by atoms with Crippen LogP contribution in [0, 0.1) is 0 Å². The third kappa shape index (κ3) is 5.21. The van der Waals surface area contributed by atoms with E-state index in [0.717, 1.165) is 0 Å². The first-order valence-corrected chi connectivity index (χ1v) is 4.42. The van der Waals surface area contributed by atoms with Gasteiger partial charge in [-0.2, -0.15) is 0 Å². The molecule has 0 saturated heterocycles. The summed E-state index contributed by atoms with van der Waals surface area (Å²) in [7, 11) is 0. The molecule has 1 aromatic carbocycles. The molecule has 5 heteroatoms. The molecule has 0 radical (unpaired) electrons. The molecule has 0 amide bonds. The molecule has 0 heterocycles. The Kier molecular flexibility index (Phi) is 7.72. The fourth-order valence-corrected chi connectivity index (χ4v) is 0.985. The molecule has 0 bridgehead atoms. The minimum absolute atomic E-state index is 0. The Morgan fingerprint density at radius 3 is 2.44 bits per heavy atom. The van der Waals surface area contributed by atoms with E-state index in [2.05, 4.69) is 6.58 Å². The molecule has 1 N–H and O–H groups in total. The Morgan fingerprint density at radius 2 is 1.94 bits per heavy atom. The number of carboxylic acids is 1. The van der Waals surface area contributed by atoms with Crippen molar-refractivity contribution >= 4 is 35.5 Å². The van der Waals surface area contributed by atoms with Gasteiger partial charge in [0.15, 0.2) is 0 Å². The van der Waals surface area contributed by atoms with Crippen molar-refractivity contribution in [2.45, 2.75) is 0 Å². The van der Waals surface area contributed by atoms with Crippen molar-refractivity contribution in [3.63, 3.8) is 0 Å². The van der Waals surface area contributed by atoms with Crippen LogP contribution in [0.15, 0.2) is 37.1 Å². The molecule has 0 fully saturated rings. The predicted octanol–water partition coefficient (Wildman–Crippen LogP) is 1.28. The Hall–Kier alpha value is -0.970. The SMILES string of the molecule is C=COCCOc1ccc(C(=O)O)cc1.[NaH]. The number of carbonyl (C=O) groups is 1. The minimum atomic E-state index is -0.948. The Morgan fingerprint density at radius 1 is 1.31 bits per heavy atom. The van der Waals surface area contributed by atoms with E-state index in [1.807, 2.05) is 0 Å². The van der Waals surface area contributed by atoms with E-state index in [1.54, 1.807) is 12.1 Å². The molecule has 0 unspecified atom stereocenters. The van der Waals surface area contributed by atoms with Gasteiger partial charge in [0.25, 0.3) is 0 Å². The van der Waals surface area contributed by atoms with Crippen molar-refractivity contribution in [3.8, 4) is 5.75 Å². The van der Waals surface area contributed by atoms with Crippen LogP contribution in [0.3, 0.4) is 0 Å². The molecule has 0 atom stereocenters. The average molecular weight is 232 g/mol. The Balaban J connectivity index is 0.00000225. The van der Waals surface area contributed by atoms with Gasteiger partial charge in [-0.1, -0.05) is 6.58 Å². The van der Waals surface area contributed by atoms with E-state index >= 15 is 0 Å². The van der Waals surface area contributed by atoms with Crippen LogP contribution in [-0.2, 0) is 4.74 Å². The second-order valence-electron chi connectivity index (χ2n) is 2.72. The van der Waals surface area contributed by atoms with E-state index in [0.29, 0.717) is 19.0 Å². The van der Waals surface area contributed by atoms with Crippen LogP contribution in [0.4, 0.5) is 0 Å². The second-order valence-corrected chi connectivity index (χ2v) is 2.72. The molecule has 1 rings (SSSR count). The van der Waals surface area contributed by atoms with Crippen LogP contribution in [0.25, 0.3) is 0 Å². The molecule has 0 aliphatic carbocycles. The predicted molar refractivity (Wildman–Crippen MR) is 62.2 cm³/mol. The van der Waals surface area contributed by atoms with Gasteiger partial charge in [0.2, 0.25) is 0 Å². The van der Waals surface area contributed by atoms with Gasteiger partial charge in [0, 0.05) is 0 Å². The van der Waals surface area contributed by atoms with Gasteiger partial charge in [0.05, 0.1) is 11.8 Å². The van der Waals surface area contributed by atoms with Gasteiger partial charge < -0.3 is 14.6 Å². The number of ether oxygens (including phenoxy) is 2. The van der Waals surface area contributed by atoms with Crippen molar-refractivity contribution in [1.29, 1.82) is 0 Å². The number of benzene rings is 1. The standard InChI is InChI=1S/C11H12O4.Na.H/c1-2-14-7-8-15-10-5-3-9(4-6-10)11(12)13;;/h2-6H,1,7-8H2,(H,12,13);;. The van der Waals surface area contributed by atoms with E-state index in [4.69, 9.17) is 14.6 Å². The van der Waals surface area contributed by atoms with Gasteiger partial charge in [0.1, 0.15) is 19.0 Å². The van der Waals surface area contributed by atoms with E-state index in [9.17, 15) is 4.79 Å². The summed E-state index contributed by atoms with van der Waals surface area (Å²) < 4.78 is 10.1. The fraction of sp³-hybridized carbons (Fsp3) is 0.182. The Labute approximate surface area is 116 Å². The first-order chi connectivity index (χ1) is 7.24. The van der Waals surface area contributed by atoms with Crippen LogP contribution in [-0.4, -0.2) is 53.8 Å². The maximum absolute atomic E-state index is 10.5. The molecule has 0 spiro atoms. The first kappa shape index (κ1) is 15.0. The van der Waals surface area contributed by atoms with Crippen LogP contribution >= 0.6 is 0 Å². The first-order valence-electron chi connectivity index (χ1n) is 4.42. The van der Waals surface area contributed by atoms with Crippen molar-refractivity contribution in [2.24, 2.45) is 0 Å². The monoisotopic (exact) mass is 232 g/mol. The summed E-state index contributed by atoms with van der Waals surface area (Å²) in [5, 5.41) is 8.65. The van der Waals surface area contributed by atoms with E-state index in [-0.39, 0.29) is 35.1 Å². The van der Waals surface area contributed by atoms with Gasteiger partial charge in [-0.15, -0.1) is 0 Å². The van der Waals surface area contributed by atoms with Crippen molar-refractivity contribution in [2.75, 3.05) is 13.2 Å². The zero-order chi connectivity index (χ0) is 11.1. The third-order valence-electron chi connectivity index (χ3n) is 1.69. The zero-order valence-corrected chi connectivity index (χ0v) is 8.18. The topological polar surface area (TPSA) is 55.8 Å². The number of hydrogen-bond acceptors (Lipinski definition) is 3. The molecule has 16 heavy (non-hydrogen) atoms. The van der Waals surface area contributed by atoms with Crippen molar-refractivity contribution in [1.82, 2.24) is 0 Å². The molecule has 82 valence electrons. The number of carboxylic acid groups (broad SMARTS) is 1. The van der Waals surface area contributed by atoms with Crippen LogP contribution in [0.2, 0.25) is 0 Å². The molecule has 0 aromatic heterocycles. The van der Waals surface area contributed by atoms with Gasteiger partial charge in [-0.25, -0.2) is 4.79 Å². The number of rotatable bonds is 6. The molecular formula is C11H13NaO4. The summed E-state index contributed by atoms with van der Waals surface area (Å²) in [4.78, 5) is 10.5. The van der Waals surface area contributed by atoms with E-state index in [1.165, 1.54) is 18.4 Å². The zero-order valence-electron chi connectivity index (χ0n) is 8.18. The van der Waals surface area contributed by atoms with Crippen LogP contribution in [0.1, 0.15) is 10.4 Å². The van der Waals surface area contributed by atoms with Gasteiger partial charge in [-0.3, -0.25) is 0 Å². The van der Waals surface area contributed by atoms with Crippen LogP contribution < -0.4 is 4.74 Å². The molecular weight excluding hydrogens is 219 g/mol. The van der Waals surface area contributed by atoms with Crippen molar-refractivity contribution in [3.05, 3.63) is 42.7 Å². The van der Waals surface area contributed by atoms with Gasteiger partial charge >= 0.3 is 35.5 Å². The molecule has 4 nitrogen and oxygen atoms in total. The fourth-order valence-electron chi connectivity index (χ4n) is 0.985. The quantitative estimate of drug-likeness (QED) is 0.456. The van der Waals surface area contributed by atoms with Crippen LogP contribution in [0.5, 0.6) is 5.75 Å². The molecule has 0 aliphatic heterocycles. The summed E-state index contributed by atoms with van der Waals surface area (Å²) in [6, 6.07) is 6.20. The number of hydrogen-bond donors (Lipinski definition) is 1. The normalized spacial score (nSPS) is 8.75. The summed E-state index contributed by atoms with van der Waals surface area (Å²) in [5.41, 5.74) is 0.240. The van der Waals surface area contributed by atoms with E-state index < -0.39 is 5.97 Å².